The van der Waals surface area contributed by atoms with E-state index in [4.69, 9.17) is 0 Å². The molecule has 0 amide bonds. The van der Waals surface area contributed by atoms with Crippen molar-refractivity contribution in [1.29, 1.82) is 0 Å². The summed E-state index contributed by atoms with van der Waals surface area (Å²) >= 11 is 0. The molecular formula is C21H34O3. The Balaban J connectivity index is 1.64. The Morgan fingerprint density at radius 2 is 1.62 bits per heavy atom. The molecule has 0 aromatic carbocycles. The van der Waals surface area contributed by atoms with E-state index in [1.54, 1.807) is 6.92 Å². The molecule has 4 aliphatic carbocycles. The van der Waals surface area contributed by atoms with Crippen molar-refractivity contribution in [2.45, 2.75) is 84.3 Å². The number of aliphatic hydroxyl groups excluding tert-OH is 2. The minimum absolute atomic E-state index is 0.00376. The van der Waals surface area contributed by atoms with Crippen LogP contribution in [0.4, 0.5) is 0 Å². The molecular weight excluding hydrogens is 300 g/mol. The molecule has 0 heterocycles. The van der Waals surface area contributed by atoms with Crippen molar-refractivity contribution in [3.05, 3.63) is 0 Å². The first-order valence-corrected chi connectivity index (χ1v) is 10.1. The number of hydrogen-bond acceptors (Lipinski definition) is 3. The lowest BCUT2D eigenvalue weighted by Crippen LogP contribution is -2.54. The van der Waals surface area contributed by atoms with Gasteiger partial charge in [-0.3, -0.25) is 4.79 Å². The molecule has 136 valence electrons. The summed E-state index contributed by atoms with van der Waals surface area (Å²) in [6.07, 6.45) is 8.14. The molecule has 4 aliphatic rings. The van der Waals surface area contributed by atoms with Gasteiger partial charge in [0.25, 0.3) is 0 Å². The van der Waals surface area contributed by atoms with Crippen LogP contribution in [0, 0.1) is 40.4 Å². The summed E-state index contributed by atoms with van der Waals surface area (Å²) in [4.78, 5) is 12.2. The first kappa shape index (κ1) is 17.0. The highest BCUT2D eigenvalue weighted by atomic mass is 16.3. The maximum absolute atomic E-state index is 12.2. The zero-order chi connectivity index (χ0) is 17.3. The summed E-state index contributed by atoms with van der Waals surface area (Å²) in [6, 6.07) is 0. The molecule has 0 spiro atoms. The molecule has 4 rings (SSSR count). The van der Waals surface area contributed by atoms with Crippen LogP contribution in [0.3, 0.4) is 0 Å². The van der Waals surface area contributed by atoms with Crippen molar-refractivity contribution < 1.29 is 15.0 Å². The SMILES string of the molecule is CC(=O)[C@H]1C(O)C[C@H]2[C@@H]3CCC4CC(O)CC[C@]4(C)[C@H]3CC[C@]12C. The van der Waals surface area contributed by atoms with Gasteiger partial charge in [-0.25, -0.2) is 0 Å². The van der Waals surface area contributed by atoms with Crippen LogP contribution in [0.2, 0.25) is 0 Å². The summed E-state index contributed by atoms with van der Waals surface area (Å²) in [5, 5.41) is 20.7. The second-order valence-electron chi connectivity index (χ2n) is 10.0. The minimum atomic E-state index is -0.435. The van der Waals surface area contributed by atoms with E-state index in [0.717, 1.165) is 38.0 Å². The van der Waals surface area contributed by atoms with Crippen LogP contribution in [0.15, 0.2) is 0 Å². The minimum Gasteiger partial charge on any atom is -0.393 e. The van der Waals surface area contributed by atoms with Crippen molar-refractivity contribution in [3.8, 4) is 0 Å². The standard InChI is InChI=1S/C21H34O3/c1-12(22)19-18(24)11-17-15-5-4-13-10-14(23)6-8-20(13,2)16(15)7-9-21(17,19)3/h13-19,23-24H,4-11H2,1-3H3/t13?,14?,15-,16+,17+,18?,19+,20+,21+/m1/s1. The van der Waals surface area contributed by atoms with Gasteiger partial charge < -0.3 is 10.2 Å². The van der Waals surface area contributed by atoms with Crippen molar-refractivity contribution in [3.63, 3.8) is 0 Å². The molecule has 0 aliphatic heterocycles. The first-order chi connectivity index (χ1) is 11.3. The van der Waals surface area contributed by atoms with E-state index in [1.165, 1.54) is 19.3 Å². The molecule has 0 aromatic heterocycles. The van der Waals surface area contributed by atoms with E-state index in [9.17, 15) is 15.0 Å². The molecule has 0 aromatic rings. The monoisotopic (exact) mass is 334 g/mol. The fourth-order valence-corrected chi connectivity index (χ4v) is 7.98. The van der Waals surface area contributed by atoms with Gasteiger partial charge in [-0.2, -0.15) is 0 Å². The number of carbonyl (C=O) groups excluding carboxylic acids is 1. The van der Waals surface area contributed by atoms with Crippen molar-refractivity contribution >= 4 is 5.78 Å². The van der Waals surface area contributed by atoms with Crippen LogP contribution in [-0.4, -0.2) is 28.2 Å². The average Bonchev–Trinajstić information content (AvgIpc) is 2.78. The number of hydrogen-bond donors (Lipinski definition) is 2. The molecule has 4 fully saturated rings. The number of aliphatic hydroxyl groups is 2. The molecule has 24 heavy (non-hydrogen) atoms. The second-order valence-corrected chi connectivity index (χ2v) is 10.0. The molecule has 3 nitrogen and oxygen atoms in total. The van der Waals surface area contributed by atoms with Gasteiger partial charge in [-0.1, -0.05) is 13.8 Å². The van der Waals surface area contributed by atoms with Crippen LogP contribution >= 0.6 is 0 Å². The number of ketones is 1. The van der Waals surface area contributed by atoms with E-state index in [-0.39, 0.29) is 23.2 Å². The van der Waals surface area contributed by atoms with Crippen LogP contribution in [0.5, 0.6) is 0 Å². The van der Waals surface area contributed by atoms with Gasteiger partial charge in [0, 0.05) is 5.92 Å². The molecule has 3 heteroatoms. The average molecular weight is 335 g/mol. The Labute approximate surface area is 146 Å². The Morgan fingerprint density at radius 3 is 2.33 bits per heavy atom. The Kier molecular flexibility index (Phi) is 3.93. The summed E-state index contributed by atoms with van der Waals surface area (Å²) in [5.41, 5.74) is 0.368. The molecule has 0 bridgehead atoms. The predicted molar refractivity (Wildman–Crippen MR) is 93.3 cm³/mol. The third kappa shape index (κ3) is 2.19. The highest BCUT2D eigenvalue weighted by molar-refractivity contribution is 5.80. The lowest BCUT2D eigenvalue weighted by Gasteiger charge is -2.60. The summed E-state index contributed by atoms with van der Waals surface area (Å²) in [6.45, 7) is 6.44. The van der Waals surface area contributed by atoms with Crippen LogP contribution < -0.4 is 0 Å². The van der Waals surface area contributed by atoms with Gasteiger partial charge in [0.1, 0.15) is 5.78 Å². The quantitative estimate of drug-likeness (QED) is 0.771. The number of Topliss-reactive ketones (excluding diaryl/α,β-unsaturated/α-hetero) is 1. The highest BCUT2D eigenvalue weighted by Crippen LogP contribution is 2.67. The topological polar surface area (TPSA) is 57.5 Å². The molecule has 2 N–H and O–H groups in total. The lowest BCUT2D eigenvalue weighted by atomic mass is 9.44. The van der Waals surface area contributed by atoms with E-state index in [2.05, 4.69) is 13.8 Å². The largest absolute Gasteiger partial charge is 0.393 e. The zero-order valence-corrected chi connectivity index (χ0v) is 15.5. The van der Waals surface area contributed by atoms with Crippen LogP contribution in [0.25, 0.3) is 0 Å². The summed E-state index contributed by atoms with van der Waals surface area (Å²) in [7, 11) is 0. The molecule has 4 saturated carbocycles. The Hall–Kier alpha value is -0.410. The first-order valence-electron chi connectivity index (χ1n) is 10.1. The van der Waals surface area contributed by atoms with Gasteiger partial charge in [-0.05, 0) is 92.8 Å². The smallest absolute Gasteiger partial charge is 0.136 e. The normalized spacial score (nSPS) is 57.0. The number of rotatable bonds is 1. The third-order valence-electron chi connectivity index (χ3n) is 9.10. The Morgan fingerprint density at radius 1 is 0.917 bits per heavy atom. The maximum atomic E-state index is 12.2. The van der Waals surface area contributed by atoms with E-state index < -0.39 is 6.10 Å². The van der Waals surface area contributed by atoms with Gasteiger partial charge >= 0.3 is 0 Å². The van der Waals surface area contributed by atoms with Crippen molar-refractivity contribution in [2.24, 2.45) is 40.4 Å². The third-order valence-corrected chi connectivity index (χ3v) is 9.10. The number of fused-ring (bicyclic) bond motifs is 5. The van der Waals surface area contributed by atoms with Crippen LogP contribution in [-0.2, 0) is 4.79 Å². The highest BCUT2D eigenvalue weighted by Gasteiger charge is 2.62. The van der Waals surface area contributed by atoms with E-state index in [1.807, 2.05) is 0 Å². The van der Waals surface area contributed by atoms with E-state index in [0.29, 0.717) is 23.2 Å². The second kappa shape index (κ2) is 5.54. The molecule has 0 radical (unpaired) electrons. The summed E-state index contributed by atoms with van der Waals surface area (Å²) < 4.78 is 0. The van der Waals surface area contributed by atoms with Gasteiger partial charge in [0.05, 0.1) is 12.2 Å². The summed E-state index contributed by atoms with van der Waals surface area (Å²) in [5.74, 6) is 2.60. The van der Waals surface area contributed by atoms with Gasteiger partial charge in [-0.15, -0.1) is 0 Å². The van der Waals surface area contributed by atoms with Gasteiger partial charge in [0.2, 0.25) is 0 Å². The van der Waals surface area contributed by atoms with Crippen molar-refractivity contribution in [2.75, 3.05) is 0 Å². The van der Waals surface area contributed by atoms with Gasteiger partial charge in [0.15, 0.2) is 0 Å². The lowest BCUT2D eigenvalue weighted by molar-refractivity contribution is -0.140. The number of carbonyl (C=O) groups is 1. The molecule has 9 atom stereocenters. The Bertz CT molecular complexity index is 531. The van der Waals surface area contributed by atoms with Crippen LogP contribution in [0.1, 0.15) is 72.1 Å². The predicted octanol–water partition coefficient (Wildman–Crippen LogP) is 3.57. The molecule has 3 unspecified atom stereocenters. The molecule has 0 saturated heterocycles. The fourth-order valence-electron chi connectivity index (χ4n) is 7.98. The van der Waals surface area contributed by atoms with E-state index >= 15 is 0 Å². The fraction of sp³-hybridized carbons (Fsp3) is 0.952. The maximum Gasteiger partial charge on any atom is 0.136 e. The van der Waals surface area contributed by atoms with Crippen molar-refractivity contribution in [1.82, 2.24) is 0 Å². The zero-order valence-electron chi connectivity index (χ0n) is 15.5.